The zero-order chi connectivity index (χ0) is 26.0. The Balaban J connectivity index is 2.01. The molecule has 0 saturated carbocycles. The molecule has 196 valence electrons. The highest BCUT2D eigenvalue weighted by Crippen LogP contribution is 2.38. The Hall–Kier alpha value is -1.16. The fourth-order valence-corrected chi connectivity index (χ4v) is 4.15. The highest BCUT2D eigenvalue weighted by molar-refractivity contribution is 7.87. The summed E-state index contributed by atoms with van der Waals surface area (Å²) in [5.41, 5.74) is -5.30. The van der Waals surface area contributed by atoms with Gasteiger partial charge in [-0.1, -0.05) is 71.2 Å². The van der Waals surface area contributed by atoms with Crippen molar-refractivity contribution in [3.63, 3.8) is 0 Å². The summed E-state index contributed by atoms with van der Waals surface area (Å²) >= 11 is 16.7. The average Bonchev–Trinajstić information content (AvgIpc) is 2.78. The van der Waals surface area contributed by atoms with Gasteiger partial charge in [-0.2, -0.15) is 21.6 Å². The number of hydrogen-bond donors (Lipinski definition) is 1. The minimum absolute atomic E-state index is 0.199. The molecule has 0 spiro atoms. The number of alkyl halides is 6. The average molecular weight is 585 g/mol. The molecule has 1 aromatic rings. The summed E-state index contributed by atoms with van der Waals surface area (Å²) in [5, 5.41) is 2.13. The van der Waals surface area contributed by atoms with Crippen LogP contribution in [0.2, 0.25) is 0 Å². The van der Waals surface area contributed by atoms with E-state index >= 15 is 0 Å². The maximum absolute atomic E-state index is 13.2. The predicted octanol–water partition coefficient (Wildman–Crippen LogP) is 3.12. The summed E-state index contributed by atoms with van der Waals surface area (Å²) in [4.78, 5) is 12.4. The van der Waals surface area contributed by atoms with E-state index in [1.54, 1.807) is 30.3 Å². The fraction of sp³-hybridized carbons (Fsp3) is 0.526. The zero-order valence-electron chi connectivity index (χ0n) is 17.5. The predicted molar refractivity (Wildman–Crippen MR) is 117 cm³/mol. The molecule has 2 aliphatic rings. The summed E-state index contributed by atoms with van der Waals surface area (Å²) in [6.07, 6.45) is -6.06. The first-order valence-corrected chi connectivity index (χ1v) is 12.4. The Morgan fingerprint density at radius 2 is 1.86 bits per heavy atom. The van der Waals surface area contributed by atoms with Crippen LogP contribution < -0.4 is 5.32 Å². The molecule has 0 aromatic heterocycles. The molecule has 2 aliphatic heterocycles. The van der Waals surface area contributed by atoms with Gasteiger partial charge in [0.25, 0.3) is 9.70 Å². The molecular formula is C19H19Cl3F3NO8S. The van der Waals surface area contributed by atoms with E-state index in [-0.39, 0.29) is 13.2 Å². The van der Waals surface area contributed by atoms with Crippen LogP contribution in [-0.2, 0) is 38.0 Å². The molecule has 2 saturated heterocycles. The third-order valence-corrected chi connectivity index (χ3v) is 6.42. The van der Waals surface area contributed by atoms with E-state index in [1.807, 2.05) is 0 Å². The van der Waals surface area contributed by atoms with Gasteiger partial charge in [0.05, 0.1) is 13.2 Å². The number of rotatable bonds is 7. The van der Waals surface area contributed by atoms with Crippen LogP contribution >= 0.6 is 34.8 Å². The SMILES string of the molecule is C=CCO[C@H]1O[C@@H]2COC(c3ccccc3)O[C@H]2[C@@H](OS(=O)(=O)C(F)(F)F)[C@H]1NC(=O)C(Cl)(Cl)Cl. The molecule has 1 amide bonds. The van der Waals surface area contributed by atoms with Crippen molar-refractivity contribution in [2.24, 2.45) is 0 Å². The van der Waals surface area contributed by atoms with Crippen LogP contribution in [0.4, 0.5) is 13.2 Å². The van der Waals surface area contributed by atoms with Crippen molar-refractivity contribution in [1.82, 2.24) is 5.32 Å². The molecular weight excluding hydrogens is 566 g/mol. The Labute approximate surface area is 213 Å². The quantitative estimate of drug-likeness (QED) is 0.225. The highest BCUT2D eigenvalue weighted by atomic mass is 35.6. The van der Waals surface area contributed by atoms with E-state index in [1.165, 1.54) is 6.08 Å². The summed E-state index contributed by atoms with van der Waals surface area (Å²) < 4.78 is 88.1. The topological polar surface area (TPSA) is 109 Å². The number of fused-ring (bicyclic) bond motifs is 1. The number of amides is 1. The van der Waals surface area contributed by atoms with E-state index in [0.29, 0.717) is 5.56 Å². The molecule has 0 radical (unpaired) electrons. The first-order valence-electron chi connectivity index (χ1n) is 9.82. The summed E-state index contributed by atoms with van der Waals surface area (Å²) in [7, 11) is -6.18. The number of nitrogens with one attached hydrogen (secondary N) is 1. The molecule has 3 rings (SSSR count). The molecule has 0 aliphatic carbocycles. The second kappa shape index (κ2) is 11.1. The third kappa shape index (κ3) is 6.79. The maximum atomic E-state index is 13.2. The molecule has 0 bridgehead atoms. The van der Waals surface area contributed by atoms with E-state index in [9.17, 15) is 26.4 Å². The van der Waals surface area contributed by atoms with Gasteiger partial charge in [-0.3, -0.25) is 8.98 Å². The van der Waals surface area contributed by atoms with E-state index in [4.69, 9.17) is 53.8 Å². The van der Waals surface area contributed by atoms with Gasteiger partial charge >= 0.3 is 15.6 Å². The molecule has 1 aromatic carbocycles. The lowest BCUT2D eigenvalue weighted by atomic mass is 9.95. The second-order valence-electron chi connectivity index (χ2n) is 7.30. The zero-order valence-corrected chi connectivity index (χ0v) is 20.6. The largest absolute Gasteiger partial charge is 0.523 e. The Morgan fingerprint density at radius 3 is 2.43 bits per heavy atom. The molecule has 9 nitrogen and oxygen atoms in total. The summed E-state index contributed by atoms with van der Waals surface area (Å²) in [6.45, 7) is 3.01. The van der Waals surface area contributed by atoms with Crippen LogP contribution in [0.3, 0.4) is 0 Å². The van der Waals surface area contributed by atoms with Gasteiger partial charge in [0.15, 0.2) is 12.6 Å². The van der Waals surface area contributed by atoms with Crippen molar-refractivity contribution < 1.29 is 49.5 Å². The lowest BCUT2D eigenvalue weighted by molar-refractivity contribution is -0.340. The summed E-state index contributed by atoms with van der Waals surface area (Å²) in [5.74, 6) is -1.30. The molecule has 2 heterocycles. The monoisotopic (exact) mass is 583 g/mol. The van der Waals surface area contributed by atoms with Crippen molar-refractivity contribution in [3.05, 3.63) is 48.6 Å². The van der Waals surface area contributed by atoms with Gasteiger partial charge in [0, 0.05) is 5.56 Å². The van der Waals surface area contributed by atoms with Crippen molar-refractivity contribution in [2.45, 2.75) is 46.2 Å². The molecule has 2 fully saturated rings. The minimum atomic E-state index is -6.18. The number of hydrogen-bond acceptors (Lipinski definition) is 8. The Bertz CT molecular complexity index is 1010. The van der Waals surface area contributed by atoms with Gasteiger partial charge in [0.1, 0.15) is 24.4 Å². The lowest BCUT2D eigenvalue weighted by Crippen LogP contribution is -2.68. The molecule has 35 heavy (non-hydrogen) atoms. The van der Waals surface area contributed by atoms with Gasteiger partial charge < -0.3 is 24.3 Å². The van der Waals surface area contributed by atoms with E-state index in [0.717, 1.165) is 0 Å². The Kier molecular flexibility index (Phi) is 8.99. The van der Waals surface area contributed by atoms with Crippen molar-refractivity contribution in [2.75, 3.05) is 13.2 Å². The van der Waals surface area contributed by atoms with Crippen LogP contribution in [-0.4, -0.2) is 67.5 Å². The molecule has 16 heteroatoms. The standard InChI is InChI=1S/C19H19Cl3F3NO8S/c1-2-8-30-16-12(26-17(27)18(20,21)22)14(34-35(28,29)19(23,24)25)13-11(32-16)9-31-15(33-13)10-6-4-3-5-7-10/h2-7,11-16H,1,8-9H2,(H,26,27)/t11-,12-,13-,14+,15?,16+/m1/s1. The molecule has 1 N–H and O–H groups in total. The number of halogens is 6. The number of carbonyl (C=O) groups is 1. The van der Waals surface area contributed by atoms with Crippen LogP contribution in [0.5, 0.6) is 0 Å². The lowest BCUT2D eigenvalue weighted by Gasteiger charge is -2.48. The number of benzene rings is 1. The van der Waals surface area contributed by atoms with Crippen LogP contribution in [0, 0.1) is 0 Å². The van der Waals surface area contributed by atoms with E-state index in [2.05, 4.69) is 16.1 Å². The molecule has 6 atom stereocenters. The van der Waals surface area contributed by atoms with Crippen molar-refractivity contribution >= 4 is 50.8 Å². The first-order chi connectivity index (χ1) is 16.2. The van der Waals surface area contributed by atoms with Gasteiger partial charge in [-0.05, 0) is 0 Å². The normalized spacial score (nSPS) is 29.8. The van der Waals surface area contributed by atoms with Crippen molar-refractivity contribution in [1.29, 1.82) is 0 Å². The van der Waals surface area contributed by atoms with E-state index < -0.39 is 62.3 Å². The van der Waals surface area contributed by atoms with Crippen molar-refractivity contribution in [3.8, 4) is 0 Å². The van der Waals surface area contributed by atoms with Crippen LogP contribution in [0.1, 0.15) is 11.9 Å². The number of ether oxygens (including phenoxy) is 4. The fourth-order valence-electron chi connectivity index (χ4n) is 3.36. The second-order valence-corrected chi connectivity index (χ2v) is 11.1. The summed E-state index contributed by atoms with van der Waals surface area (Å²) in [6, 6.07) is 6.55. The Morgan fingerprint density at radius 1 is 1.20 bits per heavy atom. The number of carbonyl (C=O) groups excluding carboxylic acids is 1. The maximum Gasteiger partial charge on any atom is 0.523 e. The third-order valence-electron chi connectivity index (χ3n) is 4.87. The highest BCUT2D eigenvalue weighted by Gasteiger charge is 2.57. The van der Waals surface area contributed by atoms with Crippen LogP contribution in [0.15, 0.2) is 43.0 Å². The van der Waals surface area contributed by atoms with Crippen LogP contribution in [0.25, 0.3) is 0 Å². The van der Waals surface area contributed by atoms with Gasteiger partial charge in [0.2, 0.25) is 0 Å². The molecule has 1 unspecified atom stereocenters. The van der Waals surface area contributed by atoms with Gasteiger partial charge in [-0.15, -0.1) is 6.58 Å². The van der Waals surface area contributed by atoms with Gasteiger partial charge in [-0.25, -0.2) is 0 Å². The first kappa shape index (κ1) is 28.4. The minimum Gasteiger partial charge on any atom is -0.346 e. The smallest absolute Gasteiger partial charge is 0.346 e.